The second-order valence-electron chi connectivity index (χ2n) is 10.4. The van der Waals surface area contributed by atoms with E-state index in [1.165, 1.54) is 12.8 Å². The van der Waals surface area contributed by atoms with Crippen molar-refractivity contribution in [1.82, 2.24) is 19.4 Å². The van der Waals surface area contributed by atoms with Crippen LogP contribution in [0.15, 0.2) is 29.2 Å². The number of benzene rings is 1. The van der Waals surface area contributed by atoms with Gasteiger partial charge in [-0.15, -0.1) is 0 Å². The van der Waals surface area contributed by atoms with Gasteiger partial charge in [-0.2, -0.15) is 4.98 Å². The van der Waals surface area contributed by atoms with Crippen LogP contribution in [0.25, 0.3) is 21.8 Å². The summed E-state index contributed by atoms with van der Waals surface area (Å²) in [7, 11) is 0. The number of anilines is 1. The monoisotopic (exact) mass is 495 g/mol. The fourth-order valence-electron chi connectivity index (χ4n) is 5.46. The summed E-state index contributed by atoms with van der Waals surface area (Å²) in [5.41, 5.74) is 1.77. The molecule has 2 aromatic heterocycles. The van der Waals surface area contributed by atoms with Crippen LogP contribution in [0.4, 0.5) is 5.95 Å². The topological polar surface area (TPSA) is 106 Å². The maximum Gasteiger partial charge on any atom is 0.260 e. The van der Waals surface area contributed by atoms with Crippen molar-refractivity contribution in [2.45, 2.75) is 57.2 Å². The highest BCUT2D eigenvalue weighted by Gasteiger charge is 2.26. The van der Waals surface area contributed by atoms with Crippen LogP contribution in [0, 0.1) is 5.92 Å². The van der Waals surface area contributed by atoms with Crippen molar-refractivity contribution in [3.8, 4) is 0 Å². The summed E-state index contributed by atoms with van der Waals surface area (Å²) in [5.74, 6) is 2.71. The third-order valence-corrected chi connectivity index (χ3v) is 9.05. The highest BCUT2D eigenvalue weighted by Crippen LogP contribution is 2.33. The summed E-state index contributed by atoms with van der Waals surface area (Å²) < 4.78 is 13.6. The molecule has 2 saturated carbocycles. The third kappa shape index (κ3) is 4.91. The lowest BCUT2D eigenvalue weighted by atomic mass is 9.92. The van der Waals surface area contributed by atoms with Gasteiger partial charge in [0.15, 0.2) is 0 Å². The largest absolute Gasteiger partial charge is 0.616 e. The molecule has 0 radical (unpaired) electrons. The van der Waals surface area contributed by atoms with Gasteiger partial charge in [-0.3, -0.25) is 14.3 Å². The van der Waals surface area contributed by atoms with Crippen LogP contribution in [0.5, 0.6) is 0 Å². The van der Waals surface area contributed by atoms with Crippen LogP contribution in [-0.2, 0) is 17.7 Å². The number of hydrogen-bond donors (Lipinski definition) is 2. The summed E-state index contributed by atoms with van der Waals surface area (Å²) in [4.78, 5) is 25.7. The van der Waals surface area contributed by atoms with Gasteiger partial charge in [0.2, 0.25) is 5.95 Å². The summed E-state index contributed by atoms with van der Waals surface area (Å²) in [6.07, 6.45) is 6.99. The number of pyridine rings is 1. The van der Waals surface area contributed by atoms with Gasteiger partial charge in [-0.25, -0.2) is 4.98 Å². The van der Waals surface area contributed by atoms with E-state index in [9.17, 15) is 14.5 Å². The van der Waals surface area contributed by atoms with Gasteiger partial charge in [0.1, 0.15) is 17.2 Å². The predicted octanol–water partition coefficient (Wildman–Crippen LogP) is 2.81. The quantitative estimate of drug-likeness (QED) is 0.400. The molecule has 3 heterocycles. The highest BCUT2D eigenvalue weighted by atomic mass is 32.2. The van der Waals surface area contributed by atoms with Crippen LogP contribution in [0.3, 0.4) is 0 Å². The van der Waals surface area contributed by atoms with E-state index in [1.807, 2.05) is 22.9 Å². The average Bonchev–Trinajstić information content (AvgIpc) is 3.70. The minimum atomic E-state index is -0.704. The first kappa shape index (κ1) is 23.2. The third-order valence-electron chi connectivity index (χ3n) is 7.77. The van der Waals surface area contributed by atoms with Crippen LogP contribution in [-0.4, -0.2) is 66.3 Å². The van der Waals surface area contributed by atoms with E-state index in [-0.39, 0.29) is 17.7 Å². The number of hydrogen-bond acceptors (Lipinski definition) is 7. The zero-order valence-electron chi connectivity index (χ0n) is 20.0. The molecule has 0 amide bonds. The molecule has 3 fully saturated rings. The molecule has 9 heteroatoms. The van der Waals surface area contributed by atoms with Crippen molar-refractivity contribution >= 4 is 38.9 Å². The lowest BCUT2D eigenvalue weighted by Crippen LogP contribution is -2.39. The van der Waals surface area contributed by atoms with Gasteiger partial charge >= 0.3 is 0 Å². The lowest BCUT2D eigenvalue weighted by Gasteiger charge is -2.29. The van der Waals surface area contributed by atoms with E-state index in [0.717, 1.165) is 55.4 Å². The molecular weight excluding hydrogens is 462 g/mol. The molecule has 1 saturated heterocycles. The Morgan fingerprint density at radius 1 is 1.06 bits per heavy atom. The van der Waals surface area contributed by atoms with Gasteiger partial charge in [-0.05, 0) is 61.5 Å². The maximum atomic E-state index is 14.0. The van der Waals surface area contributed by atoms with Crippen molar-refractivity contribution < 1.29 is 9.66 Å². The SMILES string of the molecule is O=c1c2cc(CN3CC[S+]([O-])CC3)ccc2c2cnc(NCC3CC3)nc2n1[C@H]1CC[C@H](O)CC1. The van der Waals surface area contributed by atoms with Gasteiger partial charge in [0.05, 0.1) is 6.10 Å². The first-order chi connectivity index (χ1) is 17.0. The van der Waals surface area contributed by atoms with E-state index in [0.29, 0.717) is 47.2 Å². The molecule has 186 valence electrons. The number of rotatable bonds is 6. The number of aliphatic hydroxyl groups excluding tert-OH is 1. The summed E-state index contributed by atoms with van der Waals surface area (Å²) in [6.45, 7) is 3.26. The number of aromatic nitrogens is 3. The molecule has 0 spiro atoms. The summed E-state index contributed by atoms with van der Waals surface area (Å²) in [5, 5.41) is 15.9. The summed E-state index contributed by atoms with van der Waals surface area (Å²) >= 11 is -0.704. The first-order valence-electron chi connectivity index (χ1n) is 12.9. The van der Waals surface area contributed by atoms with Gasteiger partial charge < -0.3 is 15.0 Å². The van der Waals surface area contributed by atoms with E-state index in [1.54, 1.807) is 0 Å². The second-order valence-corrected chi connectivity index (χ2v) is 12.1. The molecule has 8 nitrogen and oxygen atoms in total. The van der Waals surface area contributed by atoms with Crippen LogP contribution in [0.2, 0.25) is 0 Å². The molecule has 2 N–H and O–H groups in total. The van der Waals surface area contributed by atoms with Crippen molar-refractivity contribution in [3.63, 3.8) is 0 Å². The van der Waals surface area contributed by atoms with E-state index < -0.39 is 11.2 Å². The van der Waals surface area contributed by atoms with E-state index in [4.69, 9.17) is 4.98 Å². The molecule has 3 aliphatic rings. The molecule has 0 bridgehead atoms. The number of nitrogens with one attached hydrogen (secondary N) is 1. The van der Waals surface area contributed by atoms with Crippen molar-refractivity contribution in [2.24, 2.45) is 5.92 Å². The minimum Gasteiger partial charge on any atom is -0.616 e. The fraction of sp³-hybridized carbons (Fsp3) is 0.577. The maximum absolute atomic E-state index is 14.0. The zero-order valence-corrected chi connectivity index (χ0v) is 20.8. The zero-order chi connectivity index (χ0) is 23.9. The van der Waals surface area contributed by atoms with Crippen LogP contribution in [0.1, 0.15) is 50.1 Å². The molecule has 3 aromatic rings. The van der Waals surface area contributed by atoms with Crippen molar-refractivity contribution in [2.75, 3.05) is 36.5 Å². The Labute approximate surface area is 207 Å². The molecule has 1 aliphatic heterocycles. The Kier molecular flexibility index (Phi) is 6.43. The molecule has 35 heavy (non-hydrogen) atoms. The minimum absolute atomic E-state index is 0.0117. The average molecular weight is 496 g/mol. The van der Waals surface area contributed by atoms with Gasteiger partial charge in [-0.1, -0.05) is 23.3 Å². The lowest BCUT2D eigenvalue weighted by molar-refractivity contribution is 0.111. The van der Waals surface area contributed by atoms with E-state index in [2.05, 4.69) is 21.3 Å². The van der Waals surface area contributed by atoms with E-state index >= 15 is 0 Å². The number of aliphatic hydroxyl groups is 1. The standard InChI is InChI=1S/C26H33N5O3S/c32-20-6-4-19(5-7-20)31-24-23(15-28-26(29-24)27-14-17-1-2-17)21-8-3-18(13-22(21)25(31)33)16-30-9-11-35(34)12-10-30/h3,8,13,15,17,19-20,32H,1-2,4-7,9-12,14,16H2,(H,27,28,29)/t19-,20-. The normalized spacial score (nSPS) is 24.3. The Morgan fingerprint density at radius 3 is 2.57 bits per heavy atom. The Hall–Kier alpha value is -2.20. The molecule has 6 rings (SSSR count). The smallest absolute Gasteiger partial charge is 0.260 e. The molecule has 0 atom stereocenters. The van der Waals surface area contributed by atoms with Crippen molar-refractivity contribution in [1.29, 1.82) is 0 Å². The highest BCUT2D eigenvalue weighted by molar-refractivity contribution is 7.91. The summed E-state index contributed by atoms with van der Waals surface area (Å²) in [6, 6.07) is 6.17. The Balaban J connectivity index is 1.42. The Morgan fingerprint density at radius 2 is 1.83 bits per heavy atom. The first-order valence-corrected chi connectivity index (χ1v) is 14.4. The Bertz CT molecular complexity index is 1280. The molecule has 2 aliphatic carbocycles. The molecular formula is C26H33N5O3S. The van der Waals surface area contributed by atoms with Gasteiger partial charge in [0, 0.05) is 49.2 Å². The number of fused-ring (bicyclic) bond motifs is 3. The second kappa shape index (κ2) is 9.69. The van der Waals surface area contributed by atoms with Crippen LogP contribution < -0.4 is 10.9 Å². The molecule has 0 unspecified atom stereocenters. The van der Waals surface area contributed by atoms with Gasteiger partial charge in [0.25, 0.3) is 5.56 Å². The molecule has 1 aromatic carbocycles. The number of nitrogens with zero attached hydrogens (tertiary/aromatic N) is 4. The fourth-order valence-corrected chi connectivity index (χ4v) is 6.59. The van der Waals surface area contributed by atoms with Crippen molar-refractivity contribution in [3.05, 3.63) is 40.3 Å². The predicted molar refractivity (Wildman–Crippen MR) is 139 cm³/mol. The van der Waals surface area contributed by atoms with Crippen LogP contribution >= 0.6 is 0 Å².